The van der Waals surface area contributed by atoms with Gasteiger partial charge in [-0.05, 0) is 31.2 Å². The first kappa shape index (κ1) is 17.2. The van der Waals surface area contributed by atoms with Gasteiger partial charge in [0.15, 0.2) is 5.13 Å². The van der Waals surface area contributed by atoms with Crippen molar-refractivity contribution >= 4 is 50.1 Å². The number of nitrogens with zero attached hydrogens (tertiary/aromatic N) is 1. The van der Waals surface area contributed by atoms with Gasteiger partial charge in [0, 0.05) is 19.8 Å². The number of thioether (sulfide) groups is 1. The van der Waals surface area contributed by atoms with Gasteiger partial charge in [0.05, 0.1) is 11.4 Å². The summed E-state index contributed by atoms with van der Waals surface area (Å²) in [6.45, 7) is 2.02. The highest BCUT2D eigenvalue weighted by Gasteiger charge is 2.12. The number of aromatic nitrogens is 1. The second-order valence-corrected chi connectivity index (χ2v) is 8.25. The van der Waals surface area contributed by atoms with Crippen LogP contribution < -0.4 is 5.32 Å². The molecule has 122 valence electrons. The van der Waals surface area contributed by atoms with Gasteiger partial charge in [-0.25, -0.2) is 4.98 Å². The van der Waals surface area contributed by atoms with Crippen molar-refractivity contribution in [3.8, 4) is 11.3 Å². The molecule has 1 aromatic heterocycles. The summed E-state index contributed by atoms with van der Waals surface area (Å²) in [6.07, 6.45) is 0. The maximum absolute atomic E-state index is 12.1. The van der Waals surface area contributed by atoms with E-state index in [1.807, 2.05) is 61.5 Å². The van der Waals surface area contributed by atoms with Crippen molar-refractivity contribution in [1.29, 1.82) is 0 Å². The lowest BCUT2D eigenvalue weighted by atomic mass is 10.1. The van der Waals surface area contributed by atoms with Crippen molar-refractivity contribution < 1.29 is 4.79 Å². The van der Waals surface area contributed by atoms with E-state index in [2.05, 4.69) is 26.2 Å². The Balaban J connectivity index is 1.61. The summed E-state index contributed by atoms with van der Waals surface area (Å²) in [7, 11) is 0. The average molecular weight is 419 g/mol. The van der Waals surface area contributed by atoms with Crippen LogP contribution in [0.1, 0.15) is 4.88 Å². The summed E-state index contributed by atoms with van der Waals surface area (Å²) >= 11 is 6.41. The van der Waals surface area contributed by atoms with Crippen molar-refractivity contribution in [2.45, 2.75) is 11.8 Å². The van der Waals surface area contributed by atoms with Crippen molar-refractivity contribution in [3.63, 3.8) is 0 Å². The number of carbonyl (C=O) groups is 1. The molecule has 0 aliphatic heterocycles. The number of hydrogen-bond donors (Lipinski definition) is 1. The van der Waals surface area contributed by atoms with Crippen LogP contribution in [-0.4, -0.2) is 16.6 Å². The van der Waals surface area contributed by atoms with Crippen LogP contribution >= 0.6 is 39.0 Å². The second-order valence-electron chi connectivity index (χ2n) is 5.08. The molecule has 1 heterocycles. The van der Waals surface area contributed by atoms with Crippen LogP contribution in [0.15, 0.2) is 64.0 Å². The summed E-state index contributed by atoms with van der Waals surface area (Å²) in [4.78, 5) is 18.9. The Morgan fingerprint density at radius 3 is 2.58 bits per heavy atom. The minimum Gasteiger partial charge on any atom is -0.301 e. The van der Waals surface area contributed by atoms with E-state index in [1.54, 1.807) is 0 Å². The molecule has 1 N–H and O–H groups in total. The van der Waals surface area contributed by atoms with Crippen LogP contribution in [-0.2, 0) is 4.79 Å². The maximum atomic E-state index is 12.1. The minimum absolute atomic E-state index is 0.0451. The van der Waals surface area contributed by atoms with Gasteiger partial charge in [-0.1, -0.05) is 46.3 Å². The lowest BCUT2D eigenvalue weighted by Gasteiger charge is -2.02. The van der Waals surface area contributed by atoms with Gasteiger partial charge >= 0.3 is 0 Å². The molecule has 24 heavy (non-hydrogen) atoms. The minimum atomic E-state index is -0.0451. The number of benzene rings is 2. The number of carbonyl (C=O) groups excluding carboxylic acids is 1. The number of anilines is 1. The Labute approximate surface area is 157 Å². The Hall–Kier alpha value is -1.63. The van der Waals surface area contributed by atoms with Crippen LogP contribution in [0.5, 0.6) is 0 Å². The third-order valence-electron chi connectivity index (χ3n) is 3.27. The Kier molecular flexibility index (Phi) is 5.71. The first-order valence-electron chi connectivity index (χ1n) is 7.33. The number of nitrogens with one attached hydrogen (secondary N) is 1. The van der Waals surface area contributed by atoms with Gasteiger partial charge in [0.25, 0.3) is 0 Å². The number of thiazole rings is 1. The number of hydrogen-bond acceptors (Lipinski definition) is 4. The number of halogens is 1. The monoisotopic (exact) mass is 418 g/mol. The average Bonchev–Trinajstić information content (AvgIpc) is 2.95. The predicted octanol–water partition coefficient (Wildman–Crippen LogP) is 5.61. The lowest BCUT2D eigenvalue weighted by Crippen LogP contribution is -2.13. The molecule has 0 radical (unpaired) electrons. The van der Waals surface area contributed by atoms with Crippen LogP contribution in [0.25, 0.3) is 11.3 Å². The molecule has 0 fully saturated rings. The highest BCUT2D eigenvalue weighted by atomic mass is 79.9. The number of aryl methyl sites for hydroxylation is 1. The molecule has 0 aliphatic carbocycles. The molecule has 2 aromatic carbocycles. The summed E-state index contributed by atoms with van der Waals surface area (Å²) in [5, 5.41) is 3.54. The van der Waals surface area contributed by atoms with Gasteiger partial charge in [-0.3, -0.25) is 4.79 Å². The fourth-order valence-corrected chi connectivity index (χ4v) is 3.96. The van der Waals surface area contributed by atoms with E-state index < -0.39 is 0 Å². The third-order valence-corrected chi connectivity index (χ3v) is 5.70. The largest absolute Gasteiger partial charge is 0.301 e. The molecule has 0 spiro atoms. The van der Waals surface area contributed by atoms with Gasteiger partial charge in [0.2, 0.25) is 5.91 Å². The highest BCUT2D eigenvalue weighted by Crippen LogP contribution is 2.30. The van der Waals surface area contributed by atoms with E-state index in [-0.39, 0.29) is 5.91 Å². The van der Waals surface area contributed by atoms with Gasteiger partial charge in [0.1, 0.15) is 0 Å². The van der Waals surface area contributed by atoms with E-state index in [0.29, 0.717) is 10.9 Å². The standard InChI is InChI=1S/C18H15BrN2OS2/c1-12-17(13-5-3-2-4-6-13)21-18(24-12)20-16(22)11-23-15-9-7-14(19)8-10-15/h2-10H,11H2,1H3,(H,20,21,22). The van der Waals surface area contributed by atoms with E-state index >= 15 is 0 Å². The Morgan fingerprint density at radius 2 is 1.88 bits per heavy atom. The van der Waals surface area contributed by atoms with Crippen LogP contribution in [0.2, 0.25) is 0 Å². The Bertz CT molecular complexity index is 832. The molecule has 0 bridgehead atoms. The second kappa shape index (κ2) is 7.96. The topological polar surface area (TPSA) is 42.0 Å². The van der Waals surface area contributed by atoms with Crippen molar-refractivity contribution in [3.05, 3.63) is 63.9 Å². The summed E-state index contributed by atoms with van der Waals surface area (Å²) < 4.78 is 1.03. The normalized spacial score (nSPS) is 10.6. The quantitative estimate of drug-likeness (QED) is 0.547. The molecular weight excluding hydrogens is 404 g/mol. The fourth-order valence-electron chi connectivity index (χ4n) is 2.15. The van der Waals surface area contributed by atoms with Gasteiger partial charge in [-0.2, -0.15) is 0 Å². The molecule has 0 saturated heterocycles. The van der Waals surface area contributed by atoms with Crippen LogP contribution in [0.3, 0.4) is 0 Å². The SMILES string of the molecule is Cc1sc(NC(=O)CSc2ccc(Br)cc2)nc1-c1ccccc1. The molecule has 1 amide bonds. The molecule has 3 nitrogen and oxygen atoms in total. The van der Waals surface area contributed by atoms with Gasteiger partial charge < -0.3 is 5.32 Å². The zero-order valence-corrected chi connectivity index (χ0v) is 16.2. The van der Waals surface area contributed by atoms with E-state index in [4.69, 9.17) is 0 Å². The molecule has 0 saturated carbocycles. The predicted molar refractivity (Wildman–Crippen MR) is 106 cm³/mol. The van der Waals surface area contributed by atoms with E-state index in [9.17, 15) is 4.79 Å². The van der Waals surface area contributed by atoms with E-state index in [1.165, 1.54) is 23.1 Å². The Morgan fingerprint density at radius 1 is 1.17 bits per heavy atom. The number of amides is 1. The third kappa shape index (κ3) is 4.47. The molecule has 6 heteroatoms. The lowest BCUT2D eigenvalue weighted by molar-refractivity contribution is -0.113. The van der Waals surface area contributed by atoms with E-state index in [0.717, 1.165) is 25.5 Å². The smallest absolute Gasteiger partial charge is 0.236 e. The number of rotatable bonds is 5. The maximum Gasteiger partial charge on any atom is 0.236 e. The summed E-state index contributed by atoms with van der Waals surface area (Å²) in [5.74, 6) is 0.317. The molecule has 0 aliphatic rings. The zero-order valence-electron chi connectivity index (χ0n) is 13.0. The summed E-state index contributed by atoms with van der Waals surface area (Å²) in [6, 6.07) is 17.9. The van der Waals surface area contributed by atoms with Gasteiger partial charge in [-0.15, -0.1) is 23.1 Å². The first-order chi connectivity index (χ1) is 11.6. The van der Waals surface area contributed by atoms with Crippen molar-refractivity contribution in [1.82, 2.24) is 4.98 Å². The zero-order chi connectivity index (χ0) is 16.9. The molecular formula is C18H15BrN2OS2. The van der Waals surface area contributed by atoms with Crippen LogP contribution in [0, 0.1) is 6.92 Å². The van der Waals surface area contributed by atoms with Crippen molar-refractivity contribution in [2.24, 2.45) is 0 Å². The van der Waals surface area contributed by atoms with Crippen LogP contribution in [0.4, 0.5) is 5.13 Å². The highest BCUT2D eigenvalue weighted by molar-refractivity contribution is 9.10. The first-order valence-corrected chi connectivity index (χ1v) is 9.92. The fraction of sp³-hybridized carbons (Fsp3) is 0.111. The molecule has 3 aromatic rings. The summed E-state index contributed by atoms with van der Waals surface area (Å²) in [5.41, 5.74) is 1.99. The molecule has 0 unspecified atom stereocenters. The molecule has 3 rings (SSSR count). The van der Waals surface area contributed by atoms with Crippen molar-refractivity contribution in [2.75, 3.05) is 11.1 Å². The molecule has 0 atom stereocenters.